The average molecular weight is 320 g/mol. The van der Waals surface area contributed by atoms with Crippen molar-refractivity contribution in [3.63, 3.8) is 0 Å². The SMILES string of the molecule is [CH-]=O.[CH-]=O.[CH-]=O.[Cr+4].c1ccc([CH-]Cc2ccccc2)cc1. The van der Waals surface area contributed by atoms with Gasteiger partial charge in [0.25, 0.3) is 0 Å². The molecule has 0 saturated carbocycles. The summed E-state index contributed by atoms with van der Waals surface area (Å²) in [5, 5.41) is 0. The third-order valence-electron chi connectivity index (χ3n) is 2.22. The molecule has 0 aromatic heterocycles. The molecule has 0 fully saturated rings. The number of rotatable bonds is 3. The van der Waals surface area contributed by atoms with Crippen molar-refractivity contribution in [1.82, 2.24) is 0 Å². The molecule has 0 amide bonds. The van der Waals surface area contributed by atoms with Crippen molar-refractivity contribution in [2.75, 3.05) is 0 Å². The molecular formula is C17H16CrO3. The van der Waals surface area contributed by atoms with E-state index >= 15 is 0 Å². The molecule has 0 N–H and O–H groups in total. The molecule has 0 saturated heterocycles. The number of benzene rings is 2. The second-order valence-corrected chi connectivity index (χ2v) is 3.30. The fourth-order valence-corrected chi connectivity index (χ4v) is 1.44. The van der Waals surface area contributed by atoms with Gasteiger partial charge < -0.3 is 14.4 Å². The normalized spacial score (nSPS) is 7.05. The van der Waals surface area contributed by atoms with Crippen LogP contribution in [-0.4, -0.2) is 20.4 Å². The Morgan fingerprint density at radius 3 is 1.48 bits per heavy atom. The summed E-state index contributed by atoms with van der Waals surface area (Å²) in [4.78, 5) is 23.2. The zero-order valence-electron chi connectivity index (χ0n) is 11.4. The molecule has 0 aliphatic heterocycles. The molecule has 108 valence electrons. The topological polar surface area (TPSA) is 51.2 Å². The van der Waals surface area contributed by atoms with Crippen LogP contribution >= 0.6 is 0 Å². The summed E-state index contributed by atoms with van der Waals surface area (Å²) in [5.74, 6) is 0. The molecule has 2 rings (SSSR count). The second-order valence-electron chi connectivity index (χ2n) is 3.30. The van der Waals surface area contributed by atoms with Gasteiger partial charge in [0.05, 0.1) is 0 Å². The third kappa shape index (κ3) is 12.6. The molecule has 0 aliphatic rings. The molecule has 0 unspecified atom stereocenters. The van der Waals surface area contributed by atoms with Crippen LogP contribution in [0.15, 0.2) is 60.7 Å². The molecule has 0 bridgehead atoms. The molecule has 4 heteroatoms. The maximum absolute atomic E-state index is 7.75. The molecule has 0 aliphatic carbocycles. The summed E-state index contributed by atoms with van der Waals surface area (Å²) in [6.45, 7) is 9.75. The van der Waals surface area contributed by atoms with E-state index in [1.807, 2.05) is 12.1 Å². The number of hydrogen-bond donors (Lipinski definition) is 0. The molecule has 0 atom stereocenters. The largest absolute Gasteiger partial charge is 4.00 e. The Morgan fingerprint density at radius 2 is 1.05 bits per heavy atom. The van der Waals surface area contributed by atoms with Crippen LogP contribution < -0.4 is 0 Å². The third-order valence-corrected chi connectivity index (χ3v) is 2.22. The fraction of sp³-hybridized carbons (Fsp3) is 0.0588. The summed E-state index contributed by atoms with van der Waals surface area (Å²) in [6, 6.07) is 20.9. The van der Waals surface area contributed by atoms with Gasteiger partial charge in [-0.15, -0.1) is 12.1 Å². The van der Waals surface area contributed by atoms with E-state index in [4.69, 9.17) is 14.4 Å². The van der Waals surface area contributed by atoms with E-state index in [1.165, 1.54) is 11.1 Å². The van der Waals surface area contributed by atoms with Crippen molar-refractivity contribution in [3.8, 4) is 0 Å². The van der Waals surface area contributed by atoms with Crippen molar-refractivity contribution < 1.29 is 31.7 Å². The summed E-state index contributed by atoms with van der Waals surface area (Å²) in [7, 11) is 0. The first-order valence-electron chi connectivity index (χ1n) is 5.58. The zero-order valence-corrected chi connectivity index (χ0v) is 12.7. The van der Waals surface area contributed by atoms with Gasteiger partial charge in [-0.05, 0) is 0 Å². The number of hydrogen-bond acceptors (Lipinski definition) is 3. The first-order chi connectivity index (χ1) is 9.95. The summed E-state index contributed by atoms with van der Waals surface area (Å²) in [5.41, 5.74) is 2.65. The van der Waals surface area contributed by atoms with Crippen LogP contribution in [0.4, 0.5) is 0 Å². The minimum absolute atomic E-state index is 0. The zero-order chi connectivity index (χ0) is 15.6. The molecule has 21 heavy (non-hydrogen) atoms. The van der Waals surface area contributed by atoms with E-state index in [-0.39, 0.29) is 17.4 Å². The standard InChI is InChI=1S/C14H13.3CHO.Cr/c1-3-7-13(8-4-1)11-12-14-9-5-2-6-10-14;3*1-2;/h1-11H,12H2;3*1H;/q4*-1;+4. The molecule has 2 aromatic carbocycles. The first-order valence-corrected chi connectivity index (χ1v) is 5.58. The second kappa shape index (κ2) is 20.2. The van der Waals surface area contributed by atoms with Gasteiger partial charge in [-0.3, -0.25) is 20.4 Å². The van der Waals surface area contributed by atoms with Crippen LogP contribution in [-0.2, 0) is 38.2 Å². The van der Waals surface area contributed by atoms with Gasteiger partial charge in [-0.1, -0.05) is 48.4 Å². The van der Waals surface area contributed by atoms with Crippen LogP contribution in [0.5, 0.6) is 0 Å². The van der Waals surface area contributed by atoms with Crippen LogP contribution in [0.1, 0.15) is 11.1 Å². The van der Waals surface area contributed by atoms with E-state index in [1.54, 1.807) is 0 Å². The van der Waals surface area contributed by atoms with E-state index in [2.05, 4.69) is 75.3 Å². The summed E-state index contributed by atoms with van der Waals surface area (Å²) < 4.78 is 0. The van der Waals surface area contributed by atoms with Crippen LogP contribution in [0.25, 0.3) is 0 Å². The Balaban J connectivity index is -0.000000414. The first kappa shape index (κ1) is 23.9. The van der Waals surface area contributed by atoms with Crippen molar-refractivity contribution >= 4 is 20.4 Å². The van der Waals surface area contributed by atoms with E-state index in [0.29, 0.717) is 0 Å². The Bertz CT molecular complexity index is 376. The van der Waals surface area contributed by atoms with Gasteiger partial charge >= 0.3 is 17.4 Å². The van der Waals surface area contributed by atoms with Crippen LogP contribution in [0, 0.1) is 6.42 Å². The fourth-order valence-electron chi connectivity index (χ4n) is 1.44. The molecule has 0 radical (unpaired) electrons. The van der Waals surface area contributed by atoms with Gasteiger partial charge in [-0.25, -0.2) is 0 Å². The molecular weight excluding hydrogens is 304 g/mol. The summed E-state index contributed by atoms with van der Waals surface area (Å²) in [6.07, 6.45) is 3.25. The Hall–Kier alpha value is -2.15. The van der Waals surface area contributed by atoms with Crippen LogP contribution in [0.2, 0.25) is 0 Å². The smallest absolute Gasteiger partial charge is 0.545 e. The predicted octanol–water partition coefficient (Wildman–Crippen LogP) is 2.66. The maximum atomic E-state index is 7.75. The minimum atomic E-state index is 0. The Morgan fingerprint density at radius 1 is 0.667 bits per heavy atom. The maximum Gasteiger partial charge on any atom is 4.00 e. The van der Waals surface area contributed by atoms with Crippen molar-refractivity contribution in [1.29, 1.82) is 0 Å². The Labute approximate surface area is 137 Å². The average Bonchev–Trinajstić information content (AvgIpc) is 2.60. The van der Waals surface area contributed by atoms with E-state index in [9.17, 15) is 0 Å². The van der Waals surface area contributed by atoms with Gasteiger partial charge in [0.2, 0.25) is 0 Å². The van der Waals surface area contributed by atoms with Gasteiger partial charge in [0, 0.05) is 0 Å². The number of carbonyl (C=O) groups excluding carboxylic acids is 3. The molecule has 0 heterocycles. The quantitative estimate of drug-likeness (QED) is 0.645. The van der Waals surface area contributed by atoms with E-state index in [0.717, 1.165) is 6.42 Å². The minimum Gasteiger partial charge on any atom is -0.545 e. The van der Waals surface area contributed by atoms with Crippen LogP contribution in [0.3, 0.4) is 0 Å². The van der Waals surface area contributed by atoms with E-state index < -0.39 is 0 Å². The molecule has 2 aromatic rings. The molecule has 3 nitrogen and oxygen atoms in total. The molecule has 0 spiro atoms. The monoisotopic (exact) mass is 320 g/mol. The van der Waals surface area contributed by atoms with Crippen molar-refractivity contribution in [2.24, 2.45) is 0 Å². The van der Waals surface area contributed by atoms with Crippen molar-refractivity contribution in [3.05, 3.63) is 78.2 Å². The predicted molar refractivity (Wildman–Crippen MR) is 80.2 cm³/mol. The van der Waals surface area contributed by atoms with Gasteiger partial charge in [0.15, 0.2) is 0 Å². The van der Waals surface area contributed by atoms with Gasteiger partial charge in [-0.2, -0.15) is 24.1 Å². The Kier molecular flexibility index (Phi) is 23.0. The van der Waals surface area contributed by atoms with Gasteiger partial charge in [0.1, 0.15) is 0 Å². The van der Waals surface area contributed by atoms with Crippen molar-refractivity contribution in [2.45, 2.75) is 6.42 Å². The summed E-state index contributed by atoms with van der Waals surface area (Å²) >= 11 is 0.